The number of phenolic OH excluding ortho intramolecular Hbond substituents is 1. The molecule has 1 amide bonds. The van der Waals surface area contributed by atoms with Gasteiger partial charge in [0.25, 0.3) is 5.91 Å². The Morgan fingerprint density at radius 2 is 2.05 bits per heavy atom. The third-order valence-electron chi connectivity index (χ3n) is 3.99. The van der Waals surface area contributed by atoms with Crippen LogP contribution in [-0.4, -0.2) is 48.2 Å². The van der Waals surface area contributed by atoms with Gasteiger partial charge in [-0.2, -0.15) is 0 Å². The number of amides is 1. The van der Waals surface area contributed by atoms with Gasteiger partial charge in [0.2, 0.25) is 0 Å². The van der Waals surface area contributed by atoms with Crippen molar-refractivity contribution in [1.29, 1.82) is 0 Å². The van der Waals surface area contributed by atoms with Gasteiger partial charge in [-0.15, -0.1) is 0 Å². The molecule has 2 heterocycles. The predicted molar refractivity (Wildman–Crippen MR) is 76.2 cm³/mol. The number of aromatic hydroxyl groups is 1. The molecule has 0 aliphatic carbocycles. The lowest BCUT2D eigenvalue weighted by Crippen LogP contribution is -2.47. The van der Waals surface area contributed by atoms with E-state index in [0.717, 1.165) is 25.3 Å². The van der Waals surface area contributed by atoms with Crippen molar-refractivity contribution in [2.45, 2.75) is 25.9 Å². The molecule has 3 rings (SSSR count). The van der Waals surface area contributed by atoms with E-state index in [0.29, 0.717) is 12.3 Å². The number of carbonyl (C=O) groups is 1. The molecule has 0 aromatic heterocycles. The van der Waals surface area contributed by atoms with Crippen LogP contribution in [0.3, 0.4) is 0 Å². The number of likely N-dealkylation sites (tertiary alicyclic amines) is 1. The van der Waals surface area contributed by atoms with Gasteiger partial charge in [0.15, 0.2) is 6.10 Å². The van der Waals surface area contributed by atoms with Crippen LogP contribution < -0.4 is 9.64 Å². The van der Waals surface area contributed by atoms with Crippen molar-refractivity contribution < 1.29 is 14.6 Å². The van der Waals surface area contributed by atoms with Crippen LogP contribution in [0.5, 0.6) is 11.5 Å². The van der Waals surface area contributed by atoms with E-state index < -0.39 is 6.10 Å². The SMILES string of the molecule is CC1Oc2cc(O)ccc2N(CCN2CCCC2)C1=O. The first kappa shape index (κ1) is 13.2. The smallest absolute Gasteiger partial charge is 0.267 e. The van der Waals surface area contributed by atoms with Crippen LogP contribution in [0.15, 0.2) is 18.2 Å². The predicted octanol–water partition coefficient (Wildman–Crippen LogP) is 1.60. The molecule has 1 fully saturated rings. The van der Waals surface area contributed by atoms with Gasteiger partial charge in [-0.05, 0) is 45.0 Å². The second-order valence-electron chi connectivity index (χ2n) is 5.45. The molecule has 1 unspecified atom stereocenters. The Morgan fingerprint density at radius 1 is 1.30 bits per heavy atom. The molecule has 108 valence electrons. The maximum Gasteiger partial charge on any atom is 0.267 e. The number of nitrogens with zero attached hydrogens (tertiary/aromatic N) is 2. The Hall–Kier alpha value is -1.75. The number of benzene rings is 1. The van der Waals surface area contributed by atoms with Gasteiger partial charge < -0.3 is 19.6 Å². The van der Waals surface area contributed by atoms with Gasteiger partial charge in [0, 0.05) is 19.2 Å². The molecule has 0 radical (unpaired) electrons. The van der Waals surface area contributed by atoms with E-state index in [-0.39, 0.29) is 11.7 Å². The molecule has 20 heavy (non-hydrogen) atoms. The normalized spacial score (nSPS) is 22.8. The van der Waals surface area contributed by atoms with Gasteiger partial charge in [-0.25, -0.2) is 0 Å². The Bertz CT molecular complexity index is 512. The van der Waals surface area contributed by atoms with E-state index in [1.54, 1.807) is 30.0 Å². The highest BCUT2D eigenvalue weighted by molar-refractivity contribution is 5.99. The van der Waals surface area contributed by atoms with Crippen LogP contribution >= 0.6 is 0 Å². The molecule has 0 bridgehead atoms. The molecule has 1 aromatic carbocycles. The minimum Gasteiger partial charge on any atom is -0.508 e. The van der Waals surface area contributed by atoms with Crippen molar-refractivity contribution in [2.24, 2.45) is 0 Å². The van der Waals surface area contributed by atoms with Crippen LogP contribution in [-0.2, 0) is 4.79 Å². The topological polar surface area (TPSA) is 53.0 Å². The van der Waals surface area contributed by atoms with Gasteiger partial charge >= 0.3 is 0 Å². The van der Waals surface area contributed by atoms with Crippen LogP contribution in [0.4, 0.5) is 5.69 Å². The van der Waals surface area contributed by atoms with Gasteiger partial charge in [-0.1, -0.05) is 0 Å². The third kappa shape index (κ3) is 2.45. The number of anilines is 1. The first-order valence-corrected chi connectivity index (χ1v) is 7.18. The van der Waals surface area contributed by atoms with Gasteiger partial charge in [0.1, 0.15) is 11.5 Å². The number of ether oxygens (including phenoxy) is 1. The fourth-order valence-corrected chi connectivity index (χ4v) is 2.88. The lowest BCUT2D eigenvalue weighted by Gasteiger charge is -2.34. The summed E-state index contributed by atoms with van der Waals surface area (Å²) in [5.74, 6) is 0.728. The Balaban J connectivity index is 1.79. The number of rotatable bonds is 3. The summed E-state index contributed by atoms with van der Waals surface area (Å²) >= 11 is 0. The highest BCUT2D eigenvalue weighted by atomic mass is 16.5. The number of hydrogen-bond acceptors (Lipinski definition) is 4. The summed E-state index contributed by atoms with van der Waals surface area (Å²) in [6, 6.07) is 4.91. The molecule has 1 N–H and O–H groups in total. The summed E-state index contributed by atoms with van der Waals surface area (Å²) in [6.45, 7) is 5.55. The summed E-state index contributed by atoms with van der Waals surface area (Å²) in [6.07, 6.45) is 2.00. The lowest BCUT2D eigenvalue weighted by molar-refractivity contribution is -0.125. The van der Waals surface area contributed by atoms with E-state index in [1.165, 1.54) is 12.8 Å². The van der Waals surface area contributed by atoms with Crippen molar-refractivity contribution in [3.8, 4) is 11.5 Å². The summed E-state index contributed by atoms with van der Waals surface area (Å²) < 4.78 is 5.56. The minimum absolute atomic E-state index is 0.0117. The molecule has 2 aliphatic rings. The first-order valence-electron chi connectivity index (χ1n) is 7.18. The zero-order chi connectivity index (χ0) is 14.1. The fraction of sp³-hybridized carbons (Fsp3) is 0.533. The van der Waals surface area contributed by atoms with E-state index in [9.17, 15) is 9.90 Å². The fourth-order valence-electron chi connectivity index (χ4n) is 2.88. The summed E-state index contributed by atoms with van der Waals surface area (Å²) in [4.78, 5) is 16.5. The number of phenols is 1. The number of fused-ring (bicyclic) bond motifs is 1. The van der Waals surface area contributed by atoms with Crippen molar-refractivity contribution in [3.05, 3.63) is 18.2 Å². The van der Waals surface area contributed by atoms with E-state index in [2.05, 4.69) is 4.90 Å². The molecule has 5 heteroatoms. The summed E-state index contributed by atoms with van der Waals surface area (Å²) in [7, 11) is 0. The largest absolute Gasteiger partial charge is 0.508 e. The highest BCUT2D eigenvalue weighted by Gasteiger charge is 2.31. The second kappa shape index (κ2) is 5.32. The molecule has 0 saturated carbocycles. The van der Waals surface area contributed by atoms with Crippen molar-refractivity contribution in [2.75, 3.05) is 31.1 Å². The Morgan fingerprint density at radius 3 is 2.80 bits per heavy atom. The van der Waals surface area contributed by atoms with Crippen molar-refractivity contribution in [1.82, 2.24) is 4.90 Å². The van der Waals surface area contributed by atoms with E-state index in [4.69, 9.17) is 4.74 Å². The first-order chi connectivity index (χ1) is 9.65. The van der Waals surface area contributed by atoms with E-state index in [1.807, 2.05) is 0 Å². The maximum atomic E-state index is 12.3. The van der Waals surface area contributed by atoms with Crippen molar-refractivity contribution in [3.63, 3.8) is 0 Å². The highest BCUT2D eigenvalue weighted by Crippen LogP contribution is 2.36. The lowest BCUT2D eigenvalue weighted by atomic mass is 10.2. The summed E-state index contributed by atoms with van der Waals surface area (Å²) in [5.41, 5.74) is 0.755. The Labute approximate surface area is 118 Å². The number of carbonyl (C=O) groups excluding carboxylic acids is 1. The zero-order valence-electron chi connectivity index (χ0n) is 11.7. The van der Waals surface area contributed by atoms with Crippen molar-refractivity contribution >= 4 is 11.6 Å². The van der Waals surface area contributed by atoms with Crippen LogP contribution in [0.2, 0.25) is 0 Å². The molecule has 2 aliphatic heterocycles. The van der Waals surface area contributed by atoms with Crippen LogP contribution in [0, 0.1) is 0 Å². The molecule has 5 nitrogen and oxygen atoms in total. The molecule has 1 saturated heterocycles. The molecular formula is C15H20N2O3. The van der Waals surface area contributed by atoms with Crippen LogP contribution in [0.1, 0.15) is 19.8 Å². The molecule has 1 aromatic rings. The minimum atomic E-state index is -0.497. The quantitative estimate of drug-likeness (QED) is 0.911. The van der Waals surface area contributed by atoms with E-state index >= 15 is 0 Å². The molecular weight excluding hydrogens is 256 g/mol. The van der Waals surface area contributed by atoms with Crippen LogP contribution in [0.25, 0.3) is 0 Å². The number of hydrogen-bond donors (Lipinski definition) is 1. The second-order valence-corrected chi connectivity index (χ2v) is 5.45. The molecule has 0 spiro atoms. The zero-order valence-corrected chi connectivity index (χ0v) is 11.7. The average Bonchev–Trinajstić information content (AvgIpc) is 2.92. The monoisotopic (exact) mass is 276 g/mol. The third-order valence-corrected chi connectivity index (χ3v) is 3.99. The van der Waals surface area contributed by atoms with Gasteiger partial charge in [-0.3, -0.25) is 4.79 Å². The maximum absolute atomic E-state index is 12.3. The van der Waals surface area contributed by atoms with Gasteiger partial charge in [0.05, 0.1) is 5.69 Å². The molecule has 1 atom stereocenters. The average molecular weight is 276 g/mol. The summed E-state index contributed by atoms with van der Waals surface area (Å²) in [5, 5.41) is 9.54. The Kier molecular flexibility index (Phi) is 3.53. The standard InChI is InChI=1S/C15H20N2O3/c1-11-15(19)17(9-8-16-6-2-3-7-16)13-5-4-12(18)10-14(13)20-11/h4-5,10-11,18H,2-3,6-9H2,1H3.